The number of guanidine groups is 1. The first kappa shape index (κ1) is 14.4. The molecule has 2 heterocycles. The normalized spacial score (nSPS) is 17.0. The summed E-state index contributed by atoms with van der Waals surface area (Å²) in [6.45, 7) is 4.03. The van der Waals surface area contributed by atoms with Crippen molar-refractivity contribution in [2.75, 3.05) is 13.1 Å². The van der Waals surface area contributed by atoms with Gasteiger partial charge in [-0.2, -0.15) is 0 Å². The van der Waals surface area contributed by atoms with E-state index >= 15 is 0 Å². The number of hydrogen-bond acceptors (Lipinski definition) is 4. The first-order valence-electron chi connectivity index (χ1n) is 7.51. The number of rotatable bonds is 5. The molecule has 0 amide bonds. The lowest BCUT2D eigenvalue weighted by Gasteiger charge is -2.15. The van der Waals surface area contributed by atoms with Gasteiger partial charge in [0.25, 0.3) is 0 Å². The molecule has 0 radical (unpaired) electrons. The van der Waals surface area contributed by atoms with Crippen molar-refractivity contribution < 1.29 is 9.26 Å². The molecule has 1 aromatic carbocycles. The number of aliphatic imine (C=N–C) groups is 1. The zero-order chi connectivity index (χ0) is 15.2. The van der Waals surface area contributed by atoms with E-state index in [-0.39, 0.29) is 6.10 Å². The molecule has 6 nitrogen and oxygen atoms in total. The second kappa shape index (κ2) is 6.98. The number of benzene rings is 1. The fourth-order valence-electron chi connectivity index (χ4n) is 2.40. The molecule has 2 aromatic rings. The van der Waals surface area contributed by atoms with E-state index in [9.17, 15) is 0 Å². The van der Waals surface area contributed by atoms with Gasteiger partial charge in [0.1, 0.15) is 23.8 Å². The molecule has 0 bridgehead atoms. The molecule has 1 aromatic heterocycles. The van der Waals surface area contributed by atoms with Crippen LogP contribution in [0.15, 0.2) is 46.1 Å². The predicted molar refractivity (Wildman–Crippen MR) is 83.9 cm³/mol. The molecule has 0 saturated carbocycles. The monoisotopic (exact) mass is 300 g/mol. The molecule has 1 atom stereocenters. The number of fused-ring (bicyclic) bond motifs is 1. The molecule has 0 aliphatic carbocycles. The number of aromatic nitrogens is 1. The van der Waals surface area contributed by atoms with Crippen molar-refractivity contribution in [3.05, 3.63) is 47.9 Å². The van der Waals surface area contributed by atoms with E-state index in [2.05, 4.69) is 26.8 Å². The first-order valence-corrected chi connectivity index (χ1v) is 7.51. The minimum absolute atomic E-state index is 0.133. The summed E-state index contributed by atoms with van der Waals surface area (Å²) in [5.41, 5.74) is 2.07. The molecule has 6 heteroatoms. The Morgan fingerprint density at radius 1 is 1.32 bits per heavy atom. The predicted octanol–water partition coefficient (Wildman–Crippen LogP) is 1.73. The number of para-hydroxylation sites is 1. The zero-order valence-corrected chi connectivity index (χ0v) is 12.6. The highest BCUT2D eigenvalue weighted by Crippen LogP contribution is 2.27. The maximum absolute atomic E-state index is 5.91. The quantitative estimate of drug-likeness (QED) is 0.650. The minimum Gasteiger partial charge on any atom is -0.488 e. The summed E-state index contributed by atoms with van der Waals surface area (Å²) in [4.78, 5) is 4.48. The van der Waals surface area contributed by atoms with Gasteiger partial charge in [-0.25, -0.2) is 4.99 Å². The van der Waals surface area contributed by atoms with Gasteiger partial charge in [-0.3, -0.25) is 0 Å². The molecule has 0 spiro atoms. The maximum Gasteiger partial charge on any atom is 0.191 e. The van der Waals surface area contributed by atoms with Crippen LogP contribution >= 0.6 is 0 Å². The molecular formula is C16H20N4O2. The third kappa shape index (κ3) is 3.58. The Balaban J connectivity index is 1.53. The summed E-state index contributed by atoms with van der Waals surface area (Å²) in [7, 11) is 0. The summed E-state index contributed by atoms with van der Waals surface area (Å²) >= 11 is 0. The fourth-order valence-corrected chi connectivity index (χ4v) is 2.40. The lowest BCUT2D eigenvalue weighted by Crippen LogP contribution is -2.42. The molecular weight excluding hydrogens is 280 g/mol. The molecule has 22 heavy (non-hydrogen) atoms. The Bertz CT molecular complexity index is 600. The Labute approximate surface area is 129 Å². The van der Waals surface area contributed by atoms with E-state index in [1.54, 1.807) is 6.26 Å². The van der Waals surface area contributed by atoms with Gasteiger partial charge in [-0.15, -0.1) is 0 Å². The van der Waals surface area contributed by atoms with Gasteiger partial charge < -0.3 is 19.9 Å². The third-order valence-corrected chi connectivity index (χ3v) is 3.45. The van der Waals surface area contributed by atoms with E-state index in [4.69, 9.17) is 9.26 Å². The highest BCUT2D eigenvalue weighted by atomic mass is 16.5. The summed E-state index contributed by atoms with van der Waals surface area (Å²) in [5.74, 6) is 1.74. The fraction of sp³-hybridized carbons (Fsp3) is 0.375. The minimum atomic E-state index is 0.133. The molecule has 116 valence electrons. The van der Waals surface area contributed by atoms with Crippen LogP contribution in [0.5, 0.6) is 5.75 Å². The maximum atomic E-state index is 5.91. The van der Waals surface area contributed by atoms with Crippen molar-refractivity contribution in [2.24, 2.45) is 4.99 Å². The molecule has 1 aliphatic heterocycles. The molecule has 0 saturated heterocycles. The van der Waals surface area contributed by atoms with Crippen LogP contribution in [-0.2, 0) is 13.0 Å². The van der Waals surface area contributed by atoms with Crippen molar-refractivity contribution in [1.82, 2.24) is 15.8 Å². The van der Waals surface area contributed by atoms with Crippen LogP contribution in [0.3, 0.4) is 0 Å². The van der Waals surface area contributed by atoms with E-state index in [1.807, 2.05) is 31.2 Å². The number of ether oxygens (including phenoxy) is 1. The van der Waals surface area contributed by atoms with E-state index in [1.165, 1.54) is 5.56 Å². The topological polar surface area (TPSA) is 71.7 Å². The zero-order valence-electron chi connectivity index (χ0n) is 12.6. The Hall–Kier alpha value is -2.50. The Morgan fingerprint density at radius 2 is 2.23 bits per heavy atom. The van der Waals surface area contributed by atoms with Gasteiger partial charge in [-0.05, 0) is 18.6 Å². The van der Waals surface area contributed by atoms with E-state index in [0.717, 1.165) is 30.4 Å². The number of nitrogens with zero attached hydrogens (tertiary/aromatic N) is 2. The van der Waals surface area contributed by atoms with Crippen LogP contribution < -0.4 is 15.4 Å². The summed E-state index contributed by atoms with van der Waals surface area (Å²) in [6.07, 6.45) is 2.61. The van der Waals surface area contributed by atoms with Crippen molar-refractivity contribution >= 4 is 5.96 Å². The SMILES string of the molecule is CCNC(=NCc1ccon1)NCC1Cc2ccccc2O1. The van der Waals surface area contributed by atoms with Crippen molar-refractivity contribution in [2.45, 2.75) is 26.0 Å². The average molecular weight is 300 g/mol. The molecule has 2 N–H and O–H groups in total. The molecule has 1 unspecified atom stereocenters. The summed E-state index contributed by atoms with van der Waals surface area (Å²) < 4.78 is 10.7. The van der Waals surface area contributed by atoms with Gasteiger partial charge in [0.05, 0.1) is 13.1 Å². The number of nitrogens with one attached hydrogen (secondary N) is 2. The van der Waals surface area contributed by atoms with Gasteiger partial charge in [0.15, 0.2) is 5.96 Å². The van der Waals surface area contributed by atoms with Crippen LogP contribution in [-0.4, -0.2) is 30.3 Å². The lowest BCUT2D eigenvalue weighted by molar-refractivity contribution is 0.235. The standard InChI is InChI=1S/C16H20N4O2/c1-2-17-16(18-10-13-7-8-21-20-13)19-11-14-9-12-5-3-4-6-15(12)22-14/h3-8,14H,2,9-11H2,1H3,(H2,17,18,19). The van der Waals surface area contributed by atoms with Gasteiger partial charge >= 0.3 is 0 Å². The smallest absolute Gasteiger partial charge is 0.191 e. The van der Waals surface area contributed by atoms with Gasteiger partial charge in [0.2, 0.25) is 0 Å². The third-order valence-electron chi connectivity index (χ3n) is 3.45. The van der Waals surface area contributed by atoms with Gasteiger partial charge in [0, 0.05) is 19.0 Å². The van der Waals surface area contributed by atoms with Crippen LogP contribution in [0, 0.1) is 0 Å². The molecule has 1 aliphatic rings. The first-order chi connectivity index (χ1) is 10.8. The summed E-state index contributed by atoms with van der Waals surface area (Å²) in [5, 5.41) is 10.4. The van der Waals surface area contributed by atoms with E-state index < -0.39 is 0 Å². The lowest BCUT2D eigenvalue weighted by atomic mass is 10.1. The Morgan fingerprint density at radius 3 is 3.00 bits per heavy atom. The van der Waals surface area contributed by atoms with Crippen molar-refractivity contribution in [1.29, 1.82) is 0 Å². The average Bonchev–Trinajstić information content (AvgIpc) is 3.18. The van der Waals surface area contributed by atoms with Crippen molar-refractivity contribution in [3.8, 4) is 5.75 Å². The Kier molecular flexibility index (Phi) is 4.58. The highest BCUT2D eigenvalue weighted by molar-refractivity contribution is 5.79. The second-order valence-electron chi connectivity index (χ2n) is 5.12. The molecule has 3 rings (SSSR count). The van der Waals surface area contributed by atoms with Crippen LogP contribution in [0.1, 0.15) is 18.2 Å². The van der Waals surface area contributed by atoms with Crippen molar-refractivity contribution in [3.63, 3.8) is 0 Å². The second-order valence-corrected chi connectivity index (χ2v) is 5.12. The molecule has 0 fully saturated rings. The van der Waals surface area contributed by atoms with E-state index in [0.29, 0.717) is 13.1 Å². The van der Waals surface area contributed by atoms with Crippen LogP contribution in [0.2, 0.25) is 0 Å². The largest absolute Gasteiger partial charge is 0.488 e. The highest BCUT2D eigenvalue weighted by Gasteiger charge is 2.22. The summed E-state index contributed by atoms with van der Waals surface area (Å²) in [6, 6.07) is 9.97. The van der Waals surface area contributed by atoms with Crippen LogP contribution in [0.4, 0.5) is 0 Å². The van der Waals surface area contributed by atoms with Crippen LogP contribution in [0.25, 0.3) is 0 Å². The number of hydrogen-bond donors (Lipinski definition) is 2. The van der Waals surface area contributed by atoms with Gasteiger partial charge in [-0.1, -0.05) is 23.4 Å².